The smallest absolute Gasteiger partial charge is 0.441 e. The van der Waals surface area contributed by atoms with Crippen molar-refractivity contribution in [1.82, 2.24) is 0 Å². The van der Waals surface area contributed by atoms with Gasteiger partial charge in [0, 0.05) is 5.75 Å². The molecule has 0 aliphatic rings. The van der Waals surface area contributed by atoms with Gasteiger partial charge in [-0.15, -0.1) is 0 Å². The predicted octanol–water partition coefficient (Wildman–Crippen LogP) is 0.740. The van der Waals surface area contributed by atoms with Gasteiger partial charge in [0.05, 0.1) is 7.11 Å². The third-order valence-corrected chi connectivity index (χ3v) is 1.78. The normalized spacial score (nSPS) is 14.1. The molecule has 12 heavy (non-hydrogen) atoms. The Labute approximate surface area is 71.4 Å². The van der Waals surface area contributed by atoms with Crippen LogP contribution in [0.15, 0.2) is 0 Å². The third-order valence-electron chi connectivity index (χ3n) is 0.930. The lowest BCUT2D eigenvalue weighted by Crippen LogP contribution is -2.34. The van der Waals surface area contributed by atoms with E-state index in [1.54, 1.807) is 0 Å². The van der Waals surface area contributed by atoms with Gasteiger partial charge in [-0.1, -0.05) is 0 Å². The quantitative estimate of drug-likeness (QED) is 0.687. The van der Waals surface area contributed by atoms with Gasteiger partial charge in [0.2, 0.25) is 0 Å². The van der Waals surface area contributed by atoms with Gasteiger partial charge in [-0.05, 0) is 11.8 Å². The number of methoxy groups -OCH3 is 1. The second-order valence-corrected chi connectivity index (χ2v) is 2.97. The molecular weight excluding hydrogens is 195 g/mol. The van der Waals surface area contributed by atoms with E-state index in [1.807, 2.05) is 0 Å². The summed E-state index contributed by atoms with van der Waals surface area (Å²) < 4.78 is 38.7. The lowest BCUT2D eigenvalue weighted by Gasteiger charge is -2.09. The number of rotatable bonds is 3. The predicted molar refractivity (Wildman–Crippen MR) is 38.5 cm³/mol. The number of esters is 1. The van der Waals surface area contributed by atoms with E-state index in [-0.39, 0.29) is 11.8 Å². The number of carbonyl (C=O) groups excluding carboxylic acids is 1. The molecule has 0 aliphatic heterocycles. The van der Waals surface area contributed by atoms with Crippen LogP contribution in [0.4, 0.5) is 13.2 Å². The Morgan fingerprint density at radius 2 is 2.17 bits per heavy atom. The van der Waals surface area contributed by atoms with Crippen LogP contribution in [-0.2, 0) is 9.53 Å². The van der Waals surface area contributed by atoms with Crippen molar-refractivity contribution in [2.75, 3.05) is 12.9 Å². The minimum absolute atomic E-state index is 0.340. The van der Waals surface area contributed by atoms with Crippen molar-refractivity contribution in [3.63, 3.8) is 0 Å². The van der Waals surface area contributed by atoms with Crippen LogP contribution in [0, 0.1) is 0 Å². The van der Waals surface area contributed by atoms with Crippen molar-refractivity contribution < 1.29 is 22.7 Å². The monoisotopic (exact) mass is 203 g/mol. The van der Waals surface area contributed by atoms with Crippen molar-refractivity contribution >= 4 is 17.7 Å². The van der Waals surface area contributed by atoms with Crippen LogP contribution in [0.3, 0.4) is 0 Å². The molecule has 0 aromatic carbocycles. The van der Waals surface area contributed by atoms with Crippen molar-refractivity contribution in [2.24, 2.45) is 5.73 Å². The van der Waals surface area contributed by atoms with Crippen LogP contribution < -0.4 is 5.73 Å². The number of hydrogen-bond acceptors (Lipinski definition) is 4. The molecule has 0 aromatic heterocycles. The SMILES string of the molecule is COC(=O)[C@H](N)CSC(F)(F)F. The molecule has 2 N–H and O–H groups in total. The summed E-state index contributed by atoms with van der Waals surface area (Å²) >= 11 is -0.340. The van der Waals surface area contributed by atoms with Crippen molar-refractivity contribution in [3.05, 3.63) is 0 Å². The van der Waals surface area contributed by atoms with Crippen LogP contribution in [0.5, 0.6) is 0 Å². The molecular formula is C5H8F3NO2S. The molecule has 7 heteroatoms. The molecule has 0 amide bonds. The number of carbonyl (C=O) groups is 1. The number of alkyl halides is 3. The fourth-order valence-electron chi connectivity index (χ4n) is 0.404. The van der Waals surface area contributed by atoms with Crippen molar-refractivity contribution in [3.8, 4) is 0 Å². The van der Waals surface area contributed by atoms with E-state index in [1.165, 1.54) is 0 Å². The minimum Gasteiger partial charge on any atom is -0.468 e. The molecule has 0 saturated carbocycles. The molecule has 0 spiro atoms. The summed E-state index contributed by atoms with van der Waals surface area (Å²) in [7, 11) is 1.07. The van der Waals surface area contributed by atoms with E-state index >= 15 is 0 Å². The summed E-state index contributed by atoms with van der Waals surface area (Å²) in [5.74, 6) is -1.36. The van der Waals surface area contributed by atoms with Crippen molar-refractivity contribution in [1.29, 1.82) is 0 Å². The molecule has 0 heterocycles. The van der Waals surface area contributed by atoms with E-state index in [0.717, 1.165) is 7.11 Å². The largest absolute Gasteiger partial charge is 0.468 e. The number of halogens is 3. The van der Waals surface area contributed by atoms with E-state index in [4.69, 9.17) is 5.73 Å². The molecule has 0 aliphatic carbocycles. The topological polar surface area (TPSA) is 52.3 Å². The average molecular weight is 203 g/mol. The first kappa shape index (κ1) is 11.6. The fraction of sp³-hybridized carbons (Fsp3) is 0.800. The fourth-order valence-corrected chi connectivity index (χ4v) is 0.908. The second kappa shape index (κ2) is 4.56. The highest BCUT2D eigenvalue weighted by Crippen LogP contribution is 2.30. The zero-order valence-corrected chi connectivity index (χ0v) is 7.04. The van der Waals surface area contributed by atoms with Crippen LogP contribution >= 0.6 is 11.8 Å². The highest BCUT2D eigenvalue weighted by molar-refractivity contribution is 8.00. The summed E-state index contributed by atoms with van der Waals surface area (Å²) in [5, 5.41) is 0. The third kappa shape index (κ3) is 5.25. The Hall–Kier alpha value is -0.430. The lowest BCUT2D eigenvalue weighted by atomic mass is 10.4. The van der Waals surface area contributed by atoms with E-state index in [0.29, 0.717) is 0 Å². The molecule has 0 saturated heterocycles. The summed E-state index contributed by atoms with van der Waals surface area (Å²) in [5.41, 5.74) is 0.684. The molecule has 0 rings (SSSR count). The Kier molecular flexibility index (Phi) is 4.40. The number of ether oxygens (including phenoxy) is 1. The molecule has 0 bridgehead atoms. The van der Waals surface area contributed by atoms with Crippen molar-refractivity contribution in [2.45, 2.75) is 11.6 Å². The Bertz CT molecular complexity index is 161. The van der Waals surface area contributed by atoms with Gasteiger partial charge in [0.25, 0.3) is 0 Å². The van der Waals surface area contributed by atoms with Gasteiger partial charge in [0.15, 0.2) is 0 Å². The van der Waals surface area contributed by atoms with Crippen LogP contribution in [0.1, 0.15) is 0 Å². The van der Waals surface area contributed by atoms with Gasteiger partial charge in [-0.3, -0.25) is 4.79 Å². The molecule has 0 radical (unpaired) electrons. The minimum atomic E-state index is -4.36. The van der Waals surface area contributed by atoms with Gasteiger partial charge >= 0.3 is 11.5 Å². The summed E-state index contributed by atoms with van der Waals surface area (Å²) in [6.07, 6.45) is 0. The summed E-state index contributed by atoms with van der Waals surface area (Å²) in [4.78, 5) is 10.5. The first-order valence-corrected chi connectivity index (χ1v) is 3.89. The molecule has 0 aromatic rings. The Morgan fingerprint density at radius 1 is 1.67 bits per heavy atom. The van der Waals surface area contributed by atoms with Gasteiger partial charge < -0.3 is 10.5 Å². The van der Waals surface area contributed by atoms with E-state index in [2.05, 4.69) is 4.74 Å². The number of hydrogen-bond donors (Lipinski definition) is 1. The first-order chi connectivity index (χ1) is 5.37. The first-order valence-electron chi connectivity index (χ1n) is 2.91. The Balaban J connectivity index is 3.72. The molecule has 3 nitrogen and oxygen atoms in total. The molecule has 0 fully saturated rings. The van der Waals surface area contributed by atoms with Crippen LogP contribution in [0.2, 0.25) is 0 Å². The Morgan fingerprint density at radius 3 is 2.50 bits per heavy atom. The molecule has 1 atom stereocenters. The maximum atomic E-state index is 11.5. The number of thioether (sulfide) groups is 1. The van der Waals surface area contributed by atoms with Gasteiger partial charge in [-0.2, -0.15) is 13.2 Å². The maximum Gasteiger partial charge on any atom is 0.441 e. The number of nitrogens with two attached hydrogens (primary N) is 1. The second-order valence-electron chi connectivity index (χ2n) is 1.89. The van der Waals surface area contributed by atoms with Crippen LogP contribution in [-0.4, -0.2) is 30.4 Å². The summed E-state index contributed by atoms with van der Waals surface area (Å²) in [6, 6.07) is -1.22. The zero-order valence-electron chi connectivity index (χ0n) is 6.22. The van der Waals surface area contributed by atoms with E-state index in [9.17, 15) is 18.0 Å². The van der Waals surface area contributed by atoms with Gasteiger partial charge in [-0.25, -0.2) is 0 Å². The summed E-state index contributed by atoms with van der Waals surface area (Å²) in [6.45, 7) is 0. The van der Waals surface area contributed by atoms with E-state index < -0.39 is 23.3 Å². The standard InChI is InChI=1S/C5H8F3NO2S/c1-11-4(10)3(9)2-12-5(6,7)8/h3H,2,9H2,1H3/t3-/m1/s1. The highest BCUT2D eigenvalue weighted by atomic mass is 32.2. The molecule has 72 valence electrons. The maximum absolute atomic E-state index is 11.5. The zero-order chi connectivity index (χ0) is 9.78. The highest BCUT2D eigenvalue weighted by Gasteiger charge is 2.30. The lowest BCUT2D eigenvalue weighted by molar-refractivity contribution is -0.141. The molecule has 0 unspecified atom stereocenters. The average Bonchev–Trinajstić information content (AvgIpc) is 1.97. The van der Waals surface area contributed by atoms with Gasteiger partial charge in [0.1, 0.15) is 6.04 Å². The van der Waals surface area contributed by atoms with Crippen LogP contribution in [0.25, 0.3) is 0 Å².